The molecule has 0 radical (unpaired) electrons. The lowest BCUT2D eigenvalue weighted by Gasteiger charge is -2.39. The van der Waals surface area contributed by atoms with E-state index >= 15 is 0 Å². The average molecular weight is 522 g/mol. The fourth-order valence-corrected chi connectivity index (χ4v) is 4.18. The summed E-state index contributed by atoms with van der Waals surface area (Å²) in [5.74, 6) is -5.81. The van der Waals surface area contributed by atoms with Crippen LogP contribution in [-0.2, 0) is 11.2 Å². The third kappa shape index (κ3) is 5.61. The van der Waals surface area contributed by atoms with Crippen molar-refractivity contribution in [3.8, 4) is 11.5 Å². The summed E-state index contributed by atoms with van der Waals surface area (Å²) in [6.45, 7) is -2.08. The van der Waals surface area contributed by atoms with Crippen LogP contribution in [0.5, 0.6) is 11.5 Å². The molecule has 36 heavy (non-hydrogen) atoms. The molecular formula is C23H21F7N2O4. The third-order valence-corrected chi connectivity index (χ3v) is 6.05. The quantitative estimate of drug-likeness (QED) is 0.548. The van der Waals surface area contributed by atoms with Crippen LogP contribution in [0, 0.1) is 23.3 Å². The van der Waals surface area contributed by atoms with Crippen molar-refractivity contribution in [3.63, 3.8) is 0 Å². The molecule has 1 saturated heterocycles. The Morgan fingerprint density at radius 1 is 0.972 bits per heavy atom. The van der Waals surface area contributed by atoms with Gasteiger partial charge in [-0.25, -0.2) is 17.6 Å². The summed E-state index contributed by atoms with van der Waals surface area (Å²) in [7, 11) is 0. The van der Waals surface area contributed by atoms with Crippen molar-refractivity contribution in [3.05, 3.63) is 47.0 Å². The molecule has 2 heterocycles. The van der Waals surface area contributed by atoms with E-state index in [1.807, 2.05) is 0 Å². The number of ether oxygens (including phenoxy) is 2. The minimum atomic E-state index is -4.67. The number of amides is 1. The van der Waals surface area contributed by atoms with Crippen molar-refractivity contribution >= 4 is 17.3 Å². The van der Waals surface area contributed by atoms with E-state index in [-0.39, 0.29) is 62.4 Å². The molecule has 2 aliphatic rings. The topological polar surface area (TPSA) is 71.0 Å². The molecule has 13 heteroatoms. The molecule has 0 spiro atoms. The first-order valence-corrected chi connectivity index (χ1v) is 10.9. The summed E-state index contributed by atoms with van der Waals surface area (Å²) < 4.78 is 104. The van der Waals surface area contributed by atoms with Gasteiger partial charge < -0.3 is 24.8 Å². The van der Waals surface area contributed by atoms with Crippen LogP contribution in [0.3, 0.4) is 0 Å². The lowest BCUT2D eigenvalue weighted by molar-refractivity contribution is -0.153. The molecule has 6 nitrogen and oxygen atoms in total. The van der Waals surface area contributed by atoms with Gasteiger partial charge in [0.2, 0.25) is 5.91 Å². The zero-order valence-electron chi connectivity index (χ0n) is 18.7. The van der Waals surface area contributed by atoms with Gasteiger partial charge in [0.25, 0.3) is 0 Å². The second-order valence-electron chi connectivity index (χ2n) is 8.71. The number of hydrogen-bond acceptors (Lipinski definition) is 5. The van der Waals surface area contributed by atoms with Gasteiger partial charge in [-0.1, -0.05) is 0 Å². The van der Waals surface area contributed by atoms with Crippen LogP contribution in [0.25, 0.3) is 0 Å². The van der Waals surface area contributed by atoms with E-state index in [1.165, 1.54) is 4.90 Å². The Labute approximate surface area is 200 Å². The van der Waals surface area contributed by atoms with Gasteiger partial charge in [-0.2, -0.15) is 13.2 Å². The number of alkyl halides is 3. The summed E-state index contributed by atoms with van der Waals surface area (Å²) in [5.41, 5.74) is -1.99. The van der Waals surface area contributed by atoms with E-state index in [0.717, 1.165) is 6.07 Å². The van der Waals surface area contributed by atoms with E-state index < -0.39 is 59.0 Å². The van der Waals surface area contributed by atoms with Gasteiger partial charge in [-0.05, 0) is 19.3 Å². The number of aliphatic hydroxyl groups is 1. The molecule has 1 amide bonds. The van der Waals surface area contributed by atoms with Gasteiger partial charge in [0.05, 0.1) is 5.69 Å². The third-order valence-electron chi connectivity index (χ3n) is 6.05. The number of piperidine rings is 1. The predicted molar refractivity (Wildman–Crippen MR) is 113 cm³/mol. The highest BCUT2D eigenvalue weighted by Gasteiger charge is 2.36. The fraction of sp³-hybridized carbons (Fsp3) is 0.435. The van der Waals surface area contributed by atoms with Crippen LogP contribution < -0.4 is 19.7 Å². The lowest BCUT2D eigenvalue weighted by Crippen LogP contribution is -2.48. The van der Waals surface area contributed by atoms with Gasteiger partial charge in [0.1, 0.15) is 29.4 Å². The van der Waals surface area contributed by atoms with Crippen LogP contribution in [-0.4, -0.2) is 49.1 Å². The number of fused-ring (bicyclic) bond motifs is 1. The Balaban J connectivity index is 1.41. The van der Waals surface area contributed by atoms with Gasteiger partial charge in [0.15, 0.2) is 29.9 Å². The van der Waals surface area contributed by atoms with Crippen molar-refractivity contribution < 1.29 is 50.1 Å². The first-order chi connectivity index (χ1) is 16.8. The lowest BCUT2D eigenvalue weighted by atomic mass is 9.91. The molecule has 2 N–H and O–H groups in total. The van der Waals surface area contributed by atoms with E-state index in [4.69, 9.17) is 4.74 Å². The molecule has 2 aromatic rings. The van der Waals surface area contributed by atoms with Crippen LogP contribution in [0.15, 0.2) is 18.2 Å². The standard InChI is InChI=1S/C23H21F7N2O4/c24-14-9-17(13-1-2-18(33)31-20(13)19(14)27)36-10-22(34)3-5-32(6-4-22)21-15(25)7-12(8-16(21)26)35-11-23(28,29)30/h7-9,34H,1-6,10-11H2,(H,31,33). The molecule has 0 unspecified atom stereocenters. The Hall–Kier alpha value is -3.22. The minimum absolute atomic E-state index is 0.0131. The number of anilines is 2. The zero-order chi connectivity index (χ0) is 26.3. The summed E-state index contributed by atoms with van der Waals surface area (Å²) in [4.78, 5) is 12.8. The maximum atomic E-state index is 14.5. The highest BCUT2D eigenvalue weighted by Crippen LogP contribution is 2.37. The molecule has 0 aromatic heterocycles. The Morgan fingerprint density at radius 2 is 1.61 bits per heavy atom. The van der Waals surface area contributed by atoms with Crippen molar-refractivity contribution in [2.75, 3.05) is 36.5 Å². The Bertz CT molecular complexity index is 1140. The van der Waals surface area contributed by atoms with Crippen LogP contribution in [0.1, 0.15) is 24.8 Å². The van der Waals surface area contributed by atoms with E-state index in [2.05, 4.69) is 10.1 Å². The summed E-state index contributed by atoms with van der Waals surface area (Å²) in [6, 6.07) is 2.13. The van der Waals surface area contributed by atoms with Gasteiger partial charge in [-0.3, -0.25) is 4.79 Å². The average Bonchev–Trinajstić information content (AvgIpc) is 2.80. The number of carbonyl (C=O) groups is 1. The Kier molecular flexibility index (Phi) is 6.95. The normalized spacial score (nSPS) is 17.4. The highest BCUT2D eigenvalue weighted by molar-refractivity contribution is 5.94. The monoisotopic (exact) mass is 522 g/mol. The van der Waals surface area contributed by atoms with Crippen molar-refractivity contribution in [1.29, 1.82) is 0 Å². The number of nitrogens with one attached hydrogen (secondary N) is 1. The van der Waals surface area contributed by atoms with Crippen molar-refractivity contribution in [1.82, 2.24) is 0 Å². The van der Waals surface area contributed by atoms with Crippen molar-refractivity contribution in [2.24, 2.45) is 0 Å². The number of nitrogens with zero attached hydrogens (tertiary/aromatic N) is 1. The Morgan fingerprint density at radius 3 is 2.22 bits per heavy atom. The number of rotatable bonds is 6. The van der Waals surface area contributed by atoms with Crippen LogP contribution in [0.4, 0.5) is 42.1 Å². The molecule has 0 aliphatic carbocycles. The number of halogens is 7. The molecule has 0 saturated carbocycles. The minimum Gasteiger partial charge on any atom is -0.490 e. The summed E-state index contributed by atoms with van der Waals surface area (Å²) in [5, 5.41) is 13.2. The number of hydrogen-bond donors (Lipinski definition) is 2. The zero-order valence-corrected chi connectivity index (χ0v) is 18.7. The molecule has 4 rings (SSSR count). The largest absolute Gasteiger partial charge is 0.490 e. The molecule has 0 atom stereocenters. The first kappa shape index (κ1) is 25.9. The predicted octanol–water partition coefficient (Wildman–Crippen LogP) is 4.48. The molecular weight excluding hydrogens is 501 g/mol. The molecule has 196 valence electrons. The maximum Gasteiger partial charge on any atom is 0.422 e. The first-order valence-electron chi connectivity index (χ1n) is 10.9. The SMILES string of the molecule is O=C1CCc2c(OCC3(O)CCN(c4c(F)cc(OCC(F)(F)F)cc4F)CC3)cc(F)c(F)c2N1. The van der Waals surface area contributed by atoms with E-state index in [1.54, 1.807) is 0 Å². The van der Waals surface area contributed by atoms with Crippen LogP contribution in [0.2, 0.25) is 0 Å². The molecule has 1 fully saturated rings. The maximum absolute atomic E-state index is 14.5. The van der Waals surface area contributed by atoms with Gasteiger partial charge in [-0.15, -0.1) is 0 Å². The van der Waals surface area contributed by atoms with Crippen molar-refractivity contribution in [2.45, 2.75) is 37.5 Å². The molecule has 2 aliphatic heterocycles. The highest BCUT2D eigenvalue weighted by atomic mass is 19.4. The summed E-state index contributed by atoms with van der Waals surface area (Å²) in [6.07, 6.45) is -4.54. The molecule has 0 bridgehead atoms. The number of carbonyl (C=O) groups excluding carboxylic acids is 1. The number of benzene rings is 2. The second-order valence-corrected chi connectivity index (χ2v) is 8.71. The van der Waals surface area contributed by atoms with Crippen LogP contribution >= 0.6 is 0 Å². The van der Waals surface area contributed by atoms with E-state index in [9.17, 15) is 40.6 Å². The van der Waals surface area contributed by atoms with Gasteiger partial charge in [0, 0.05) is 43.3 Å². The second kappa shape index (κ2) is 9.68. The molecule has 2 aromatic carbocycles. The van der Waals surface area contributed by atoms with Gasteiger partial charge >= 0.3 is 6.18 Å². The van der Waals surface area contributed by atoms with E-state index in [0.29, 0.717) is 12.1 Å². The summed E-state index contributed by atoms with van der Waals surface area (Å²) >= 11 is 0. The fourth-order valence-electron chi connectivity index (χ4n) is 4.18. The smallest absolute Gasteiger partial charge is 0.422 e.